The smallest absolute Gasteiger partial charge is 0.147 e. The van der Waals surface area contributed by atoms with Gasteiger partial charge in [0.05, 0.1) is 18.5 Å². The molecule has 5 heteroatoms. The minimum Gasteiger partial charge on any atom is -0.382 e. The third kappa shape index (κ3) is 2.61. The lowest BCUT2D eigenvalue weighted by Crippen LogP contribution is -2.32. The molecule has 2 rings (SSSR count). The van der Waals surface area contributed by atoms with Crippen LogP contribution in [0.1, 0.15) is 19.8 Å². The van der Waals surface area contributed by atoms with Crippen LogP contribution in [0.15, 0.2) is 12.4 Å². The standard InChI is InChI=1S/C11H18N4O/c1-2-15(8-9-4-3-5-16-9)11-7-13-10(12)6-14-11/h6-7,9H,2-5,8H2,1H3,(H2,12,13). The van der Waals surface area contributed by atoms with E-state index in [9.17, 15) is 0 Å². The molecule has 1 unspecified atom stereocenters. The fraction of sp³-hybridized carbons (Fsp3) is 0.636. The monoisotopic (exact) mass is 222 g/mol. The first kappa shape index (κ1) is 11.1. The summed E-state index contributed by atoms with van der Waals surface area (Å²) in [6, 6.07) is 0. The molecule has 1 aliphatic rings. The molecule has 0 saturated carbocycles. The van der Waals surface area contributed by atoms with Gasteiger partial charge in [-0.1, -0.05) is 0 Å². The summed E-state index contributed by atoms with van der Waals surface area (Å²) in [5, 5.41) is 0. The molecular weight excluding hydrogens is 204 g/mol. The minimum atomic E-state index is 0.333. The third-order valence-corrected chi connectivity index (χ3v) is 2.81. The van der Waals surface area contributed by atoms with Crippen LogP contribution in [0.5, 0.6) is 0 Å². The van der Waals surface area contributed by atoms with Gasteiger partial charge >= 0.3 is 0 Å². The van der Waals surface area contributed by atoms with E-state index in [4.69, 9.17) is 10.5 Å². The number of nitrogen functional groups attached to an aromatic ring is 1. The van der Waals surface area contributed by atoms with Crippen molar-refractivity contribution < 1.29 is 4.74 Å². The van der Waals surface area contributed by atoms with E-state index in [0.717, 1.165) is 38.4 Å². The molecular formula is C11H18N4O. The Morgan fingerprint density at radius 1 is 1.50 bits per heavy atom. The van der Waals surface area contributed by atoms with Gasteiger partial charge in [-0.15, -0.1) is 0 Å². The second kappa shape index (κ2) is 5.12. The van der Waals surface area contributed by atoms with Gasteiger partial charge in [0.1, 0.15) is 11.6 Å². The molecule has 0 amide bonds. The second-order valence-electron chi connectivity index (χ2n) is 3.97. The van der Waals surface area contributed by atoms with E-state index in [1.54, 1.807) is 12.4 Å². The zero-order chi connectivity index (χ0) is 11.4. The Morgan fingerprint density at radius 3 is 2.94 bits per heavy atom. The lowest BCUT2D eigenvalue weighted by molar-refractivity contribution is 0.115. The van der Waals surface area contributed by atoms with Gasteiger partial charge in [0.15, 0.2) is 0 Å². The van der Waals surface area contributed by atoms with Gasteiger partial charge in [-0.05, 0) is 19.8 Å². The zero-order valence-corrected chi connectivity index (χ0v) is 9.59. The summed E-state index contributed by atoms with van der Waals surface area (Å²) in [5.74, 6) is 1.32. The molecule has 88 valence electrons. The highest BCUT2D eigenvalue weighted by Gasteiger charge is 2.19. The quantitative estimate of drug-likeness (QED) is 0.825. The maximum atomic E-state index is 5.62. The Morgan fingerprint density at radius 2 is 2.38 bits per heavy atom. The predicted molar refractivity (Wildman–Crippen MR) is 63.3 cm³/mol. The van der Waals surface area contributed by atoms with Crippen molar-refractivity contribution in [3.05, 3.63) is 12.4 Å². The molecule has 1 aromatic heterocycles. The molecule has 5 nitrogen and oxygen atoms in total. The second-order valence-corrected chi connectivity index (χ2v) is 3.97. The van der Waals surface area contributed by atoms with Gasteiger partial charge in [-0.25, -0.2) is 9.97 Å². The molecule has 1 fully saturated rings. The molecule has 0 aromatic carbocycles. The first-order valence-electron chi connectivity index (χ1n) is 5.73. The van der Waals surface area contributed by atoms with E-state index in [0.29, 0.717) is 11.9 Å². The predicted octanol–water partition coefficient (Wildman–Crippen LogP) is 1.06. The number of aromatic nitrogens is 2. The van der Waals surface area contributed by atoms with Crippen molar-refractivity contribution in [2.75, 3.05) is 30.3 Å². The molecule has 1 aromatic rings. The van der Waals surface area contributed by atoms with E-state index in [1.807, 2.05) is 0 Å². The minimum absolute atomic E-state index is 0.333. The van der Waals surface area contributed by atoms with E-state index in [2.05, 4.69) is 21.8 Å². The highest BCUT2D eigenvalue weighted by atomic mass is 16.5. The Labute approximate surface area is 95.6 Å². The molecule has 1 aliphatic heterocycles. The number of hydrogen-bond donors (Lipinski definition) is 1. The molecule has 16 heavy (non-hydrogen) atoms. The van der Waals surface area contributed by atoms with Crippen LogP contribution in [0.2, 0.25) is 0 Å². The van der Waals surface area contributed by atoms with Crippen molar-refractivity contribution in [2.45, 2.75) is 25.9 Å². The van der Waals surface area contributed by atoms with Gasteiger partial charge < -0.3 is 15.4 Å². The van der Waals surface area contributed by atoms with E-state index in [1.165, 1.54) is 0 Å². The Kier molecular flexibility index (Phi) is 3.56. The van der Waals surface area contributed by atoms with Gasteiger partial charge in [0.25, 0.3) is 0 Å². The van der Waals surface area contributed by atoms with Gasteiger partial charge in [0.2, 0.25) is 0 Å². The SMILES string of the molecule is CCN(CC1CCCO1)c1cnc(N)cn1. The van der Waals surface area contributed by atoms with Crippen LogP contribution in [0, 0.1) is 0 Å². The highest BCUT2D eigenvalue weighted by molar-refractivity contribution is 5.39. The van der Waals surface area contributed by atoms with Crippen LogP contribution < -0.4 is 10.6 Å². The molecule has 2 N–H and O–H groups in total. The molecule has 1 saturated heterocycles. The number of rotatable bonds is 4. The van der Waals surface area contributed by atoms with Gasteiger partial charge in [0, 0.05) is 19.7 Å². The van der Waals surface area contributed by atoms with Crippen LogP contribution in [-0.4, -0.2) is 35.8 Å². The number of likely N-dealkylation sites (N-methyl/N-ethyl adjacent to an activating group) is 1. The van der Waals surface area contributed by atoms with Crippen molar-refractivity contribution in [1.82, 2.24) is 9.97 Å². The molecule has 0 radical (unpaired) electrons. The Balaban J connectivity index is 2.00. The summed E-state index contributed by atoms with van der Waals surface area (Å²) in [6.45, 7) is 4.77. The van der Waals surface area contributed by atoms with E-state index < -0.39 is 0 Å². The number of nitrogens with zero attached hydrogens (tertiary/aromatic N) is 3. The fourth-order valence-electron chi connectivity index (χ4n) is 1.91. The van der Waals surface area contributed by atoms with Crippen molar-refractivity contribution in [2.24, 2.45) is 0 Å². The molecule has 1 atom stereocenters. The third-order valence-electron chi connectivity index (χ3n) is 2.81. The summed E-state index contributed by atoms with van der Waals surface area (Å²) in [5.41, 5.74) is 5.52. The summed E-state index contributed by atoms with van der Waals surface area (Å²) < 4.78 is 5.62. The molecule has 0 aliphatic carbocycles. The lowest BCUT2D eigenvalue weighted by atomic mass is 10.2. The fourth-order valence-corrected chi connectivity index (χ4v) is 1.91. The van der Waals surface area contributed by atoms with Crippen molar-refractivity contribution in [1.29, 1.82) is 0 Å². The number of anilines is 2. The summed E-state index contributed by atoms with van der Waals surface area (Å²) in [4.78, 5) is 10.5. The molecule has 2 heterocycles. The first-order chi connectivity index (χ1) is 7.79. The van der Waals surface area contributed by atoms with Crippen LogP contribution >= 0.6 is 0 Å². The van der Waals surface area contributed by atoms with E-state index in [-0.39, 0.29) is 0 Å². The van der Waals surface area contributed by atoms with Crippen LogP contribution in [0.25, 0.3) is 0 Å². The van der Waals surface area contributed by atoms with Gasteiger partial charge in [-0.3, -0.25) is 0 Å². The van der Waals surface area contributed by atoms with Crippen LogP contribution in [-0.2, 0) is 4.74 Å². The maximum absolute atomic E-state index is 5.62. The average Bonchev–Trinajstić information content (AvgIpc) is 2.80. The summed E-state index contributed by atoms with van der Waals surface area (Å²) in [7, 11) is 0. The Bertz CT molecular complexity index is 321. The largest absolute Gasteiger partial charge is 0.382 e. The average molecular weight is 222 g/mol. The topological polar surface area (TPSA) is 64.3 Å². The first-order valence-corrected chi connectivity index (χ1v) is 5.73. The zero-order valence-electron chi connectivity index (χ0n) is 9.59. The van der Waals surface area contributed by atoms with Crippen molar-refractivity contribution >= 4 is 11.6 Å². The number of ether oxygens (including phenoxy) is 1. The summed E-state index contributed by atoms with van der Waals surface area (Å²) >= 11 is 0. The maximum Gasteiger partial charge on any atom is 0.147 e. The molecule has 0 bridgehead atoms. The lowest BCUT2D eigenvalue weighted by Gasteiger charge is -2.24. The molecule has 0 spiro atoms. The van der Waals surface area contributed by atoms with Crippen LogP contribution in [0.4, 0.5) is 11.6 Å². The number of hydrogen-bond acceptors (Lipinski definition) is 5. The van der Waals surface area contributed by atoms with E-state index >= 15 is 0 Å². The van der Waals surface area contributed by atoms with Gasteiger partial charge in [-0.2, -0.15) is 0 Å². The van der Waals surface area contributed by atoms with Crippen molar-refractivity contribution in [3.63, 3.8) is 0 Å². The van der Waals surface area contributed by atoms with Crippen molar-refractivity contribution in [3.8, 4) is 0 Å². The normalized spacial score (nSPS) is 19.9. The van der Waals surface area contributed by atoms with Crippen LogP contribution in [0.3, 0.4) is 0 Å². The highest BCUT2D eigenvalue weighted by Crippen LogP contribution is 2.16. The summed E-state index contributed by atoms with van der Waals surface area (Å²) in [6.07, 6.45) is 5.94. The Hall–Kier alpha value is -1.36. The number of nitrogens with two attached hydrogens (primary N) is 1.